The molecule has 0 radical (unpaired) electrons. The number of phenolic OH excluding ortho intramolecular Hbond substituents is 2. The maximum atomic E-state index is 12.3. The highest BCUT2D eigenvalue weighted by Gasteiger charge is 2.28. The molecular weight excluding hydrogens is 782 g/mol. The predicted octanol–water partition coefficient (Wildman–Crippen LogP) is 6.17. The maximum Gasteiger partial charge on any atom is 0.319 e. The zero-order chi connectivity index (χ0) is 40.6. The number of nitro benzene ring substituents is 3. The number of allylic oxidation sites excluding steroid dienone is 1. The van der Waals surface area contributed by atoms with Gasteiger partial charge in [-0.2, -0.15) is 27.1 Å². The van der Waals surface area contributed by atoms with Gasteiger partial charge in [0.2, 0.25) is 5.75 Å². The number of aliphatic hydroxyl groups excluding tert-OH is 2. The van der Waals surface area contributed by atoms with Crippen LogP contribution >= 0.6 is 0 Å². The van der Waals surface area contributed by atoms with Gasteiger partial charge >= 0.3 is 5.69 Å². The molecule has 27 heteroatoms. The fourth-order valence-electron chi connectivity index (χ4n) is 4.73. The molecule has 1 atom stereocenters. The van der Waals surface area contributed by atoms with Crippen molar-refractivity contribution in [2.45, 2.75) is 22.3 Å². The maximum absolute atomic E-state index is 12.3. The number of hydrogen-bond acceptors (Lipinski definition) is 20. The van der Waals surface area contributed by atoms with Crippen molar-refractivity contribution in [2.24, 2.45) is 30.7 Å². The third-order valence-electron chi connectivity index (χ3n) is 7.31. The van der Waals surface area contributed by atoms with Crippen molar-refractivity contribution >= 4 is 70.8 Å². The van der Waals surface area contributed by atoms with Crippen molar-refractivity contribution < 1.29 is 61.1 Å². The second-order valence-corrected chi connectivity index (χ2v) is 13.7. The van der Waals surface area contributed by atoms with E-state index in [1.807, 2.05) is 0 Å². The average Bonchev–Trinajstić information content (AvgIpc) is 3.09. The van der Waals surface area contributed by atoms with Crippen LogP contribution in [-0.4, -0.2) is 67.2 Å². The zero-order valence-corrected chi connectivity index (χ0v) is 28.3. The number of nitrogens with zero attached hydrogens (tertiary/aromatic N) is 9. The number of fused-ring (bicyclic) bond motifs is 1. The summed E-state index contributed by atoms with van der Waals surface area (Å²) in [6, 6.07) is 7.39. The highest BCUT2D eigenvalue weighted by Crippen LogP contribution is 2.46. The van der Waals surface area contributed by atoms with E-state index in [-0.39, 0.29) is 11.4 Å². The summed E-state index contributed by atoms with van der Waals surface area (Å²) in [5, 5.41) is 97.1. The van der Waals surface area contributed by atoms with Crippen LogP contribution in [0.4, 0.5) is 39.8 Å². The lowest BCUT2D eigenvalue weighted by molar-refractivity contribution is -0.394. The normalized spacial score (nSPS) is 15.3. The minimum Gasteiger partial charge on any atom is -0.510 e. The topological polar surface area (TPSA) is 393 Å². The number of nitro groups is 3. The molecule has 1 aliphatic rings. The van der Waals surface area contributed by atoms with Crippen LogP contribution in [0.2, 0.25) is 0 Å². The predicted molar refractivity (Wildman–Crippen MR) is 181 cm³/mol. The van der Waals surface area contributed by atoms with E-state index in [1.165, 1.54) is 0 Å². The van der Waals surface area contributed by atoms with Crippen LogP contribution in [0, 0.1) is 30.3 Å². The van der Waals surface area contributed by atoms with Crippen LogP contribution in [0.25, 0.3) is 10.8 Å². The fraction of sp³-hybridized carbons (Fsp3) is 0.0714. The summed E-state index contributed by atoms with van der Waals surface area (Å²) < 4.78 is 68.6. The summed E-state index contributed by atoms with van der Waals surface area (Å²) in [5.41, 5.74) is -5.66. The first-order valence-electron chi connectivity index (χ1n) is 14.4. The van der Waals surface area contributed by atoms with E-state index in [2.05, 4.69) is 30.7 Å². The van der Waals surface area contributed by atoms with Gasteiger partial charge in [0.1, 0.15) is 33.8 Å². The molecule has 1 unspecified atom stereocenters. The molecule has 1 aliphatic carbocycles. The summed E-state index contributed by atoms with van der Waals surface area (Å²) in [6.45, 7) is 0. The third kappa shape index (κ3) is 8.39. The second-order valence-electron chi connectivity index (χ2n) is 10.9. The van der Waals surface area contributed by atoms with Crippen LogP contribution in [-0.2, 0) is 20.2 Å². The molecule has 55 heavy (non-hydrogen) atoms. The Balaban J connectivity index is 1.64. The van der Waals surface area contributed by atoms with E-state index >= 15 is 0 Å². The largest absolute Gasteiger partial charge is 0.510 e. The summed E-state index contributed by atoms with van der Waals surface area (Å²) in [5.74, 6) is -2.88. The molecule has 25 nitrogen and oxygen atoms in total. The molecule has 0 fully saturated rings. The molecule has 0 amide bonds. The van der Waals surface area contributed by atoms with E-state index in [0.29, 0.717) is 30.3 Å². The van der Waals surface area contributed by atoms with Gasteiger partial charge in [-0.05, 0) is 41.8 Å². The van der Waals surface area contributed by atoms with Gasteiger partial charge in [0.25, 0.3) is 31.6 Å². The van der Waals surface area contributed by atoms with Gasteiger partial charge in [0.15, 0.2) is 5.75 Å². The Morgan fingerprint density at radius 1 is 0.673 bits per heavy atom. The Labute approximate surface area is 304 Å². The SMILES string of the molecule is O=[N+]([O-])c1ccc(/N=N/c2c(S(=O)(=O)O)cc3cc(S(=O)(=O)O)cc(/N=N/C4=C(O)CC(O)C(/N=N/c5cc([N+](=O)[O-])cc([N+](=O)[O-])c5O)=C4)c3c2O)cc1. The van der Waals surface area contributed by atoms with Crippen molar-refractivity contribution in [1.29, 1.82) is 0 Å². The quantitative estimate of drug-likeness (QED) is 0.0427. The number of phenols is 2. The zero-order valence-electron chi connectivity index (χ0n) is 26.7. The first kappa shape index (κ1) is 39.0. The molecular formula is C28H19N9O16S2. The molecule has 0 spiro atoms. The average molecular weight is 802 g/mol. The minimum absolute atomic E-state index is 0.0893. The van der Waals surface area contributed by atoms with Crippen molar-refractivity contribution in [3.63, 3.8) is 0 Å². The lowest BCUT2D eigenvalue weighted by Crippen LogP contribution is -2.14. The molecule has 5 rings (SSSR count). The van der Waals surface area contributed by atoms with Gasteiger partial charge in [-0.15, -0.1) is 20.5 Å². The number of aliphatic hydroxyl groups is 2. The Bertz CT molecular complexity index is 2710. The minimum atomic E-state index is -5.26. The lowest BCUT2D eigenvalue weighted by atomic mass is 10.0. The Hall–Kier alpha value is -7.20. The van der Waals surface area contributed by atoms with Crippen LogP contribution in [0.3, 0.4) is 0 Å². The molecule has 0 bridgehead atoms. The number of aromatic hydroxyl groups is 2. The summed E-state index contributed by atoms with van der Waals surface area (Å²) in [6.07, 6.45) is -1.44. The molecule has 4 aromatic carbocycles. The van der Waals surface area contributed by atoms with E-state index in [4.69, 9.17) is 0 Å². The van der Waals surface area contributed by atoms with Crippen molar-refractivity contribution in [1.82, 2.24) is 0 Å². The van der Waals surface area contributed by atoms with Crippen molar-refractivity contribution in [3.05, 3.63) is 108 Å². The fourth-order valence-corrected chi connectivity index (χ4v) is 5.93. The summed E-state index contributed by atoms with van der Waals surface area (Å²) in [7, 11) is -10.4. The second kappa shape index (κ2) is 14.7. The standard InChI is InChI=1S/C28H19N9O16S2/c38-22-11-23(39)18(31-33-20-7-15(36(44)45)8-21(27(20)40)37(46)47)10-17(22)30-32-19-9-16(54(48,49)50)5-12-6-24(55(51,52)53)26(28(41)25(12)19)34-29-13-1-3-14(4-2-13)35(42)43/h1-10,23,38-41H,11H2,(H,48,49,50)(H,51,52,53)/b32-30+,33-31+,34-29+. The van der Waals surface area contributed by atoms with Gasteiger partial charge in [-0.25, -0.2) is 0 Å². The molecule has 0 aliphatic heterocycles. The van der Waals surface area contributed by atoms with E-state index in [0.717, 1.165) is 30.3 Å². The summed E-state index contributed by atoms with van der Waals surface area (Å²) in [4.78, 5) is 28.6. The number of non-ortho nitro benzene ring substituents is 2. The van der Waals surface area contributed by atoms with Crippen LogP contribution in [0.1, 0.15) is 6.42 Å². The van der Waals surface area contributed by atoms with Crippen LogP contribution in [0.15, 0.2) is 118 Å². The smallest absolute Gasteiger partial charge is 0.319 e. The van der Waals surface area contributed by atoms with Crippen LogP contribution in [0.5, 0.6) is 11.5 Å². The highest BCUT2D eigenvalue weighted by atomic mass is 32.2. The number of azo groups is 3. The first-order chi connectivity index (χ1) is 25.6. The number of hydrogen-bond donors (Lipinski definition) is 6. The molecule has 0 aromatic heterocycles. The van der Waals surface area contributed by atoms with Gasteiger partial charge < -0.3 is 20.4 Å². The van der Waals surface area contributed by atoms with Crippen molar-refractivity contribution in [2.75, 3.05) is 0 Å². The lowest BCUT2D eigenvalue weighted by Gasteiger charge is -2.16. The van der Waals surface area contributed by atoms with Gasteiger partial charge in [-0.1, -0.05) is 0 Å². The van der Waals surface area contributed by atoms with Crippen molar-refractivity contribution in [3.8, 4) is 11.5 Å². The Morgan fingerprint density at radius 3 is 1.89 bits per heavy atom. The Morgan fingerprint density at radius 2 is 1.31 bits per heavy atom. The molecule has 6 N–H and O–H groups in total. The van der Waals surface area contributed by atoms with E-state index in [1.54, 1.807) is 0 Å². The number of benzene rings is 4. The molecule has 0 saturated heterocycles. The first-order valence-corrected chi connectivity index (χ1v) is 17.3. The molecule has 284 valence electrons. The Kier molecular flexibility index (Phi) is 10.4. The third-order valence-corrected chi connectivity index (χ3v) is 9.01. The van der Waals surface area contributed by atoms with Gasteiger partial charge in [0.05, 0.1) is 48.2 Å². The molecule has 4 aromatic rings. The number of rotatable bonds is 11. The van der Waals surface area contributed by atoms with Gasteiger partial charge in [-0.3, -0.25) is 39.4 Å². The van der Waals surface area contributed by atoms with Gasteiger partial charge in [0, 0.05) is 24.6 Å². The summed E-state index contributed by atoms with van der Waals surface area (Å²) >= 11 is 0. The van der Waals surface area contributed by atoms with Crippen LogP contribution < -0.4 is 0 Å². The monoisotopic (exact) mass is 801 g/mol. The van der Waals surface area contributed by atoms with E-state index in [9.17, 15) is 76.7 Å². The molecule has 0 heterocycles. The molecule has 0 saturated carbocycles. The highest BCUT2D eigenvalue weighted by molar-refractivity contribution is 7.86. The van der Waals surface area contributed by atoms with E-state index < -0.39 is 125 Å².